The second-order valence-electron chi connectivity index (χ2n) is 9.47. The molecule has 2 aromatic rings. The lowest BCUT2D eigenvalue weighted by Crippen LogP contribution is -2.40. The highest BCUT2D eigenvalue weighted by Gasteiger charge is 2.47. The maximum absolute atomic E-state index is 12.7. The number of alkyl carbamates (subject to hydrolysis) is 1. The summed E-state index contributed by atoms with van der Waals surface area (Å²) in [7, 11) is 0. The lowest BCUT2D eigenvalue weighted by atomic mass is 9.81. The minimum absolute atomic E-state index is 0.0279. The summed E-state index contributed by atoms with van der Waals surface area (Å²) in [5.41, 5.74) is 3.65. The van der Waals surface area contributed by atoms with Gasteiger partial charge in [0.1, 0.15) is 6.61 Å². The summed E-state index contributed by atoms with van der Waals surface area (Å²) < 4.78 is 5.55. The maximum Gasteiger partial charge on any atom is 0.407 e. The number of nitrogens with zero attached hydrogens (tertiary/aromatic N) is 1. The first-order valence-corrected chi connectivity index (χ1v) is 11.3. The molecule has 33 heavy (non-hydrogen) atoms. The van der Waals surface area contributed by atoms with Crippen molar-refractivity contribution in [2.75, 3.05) is 19.7 Å². The summed E-state index contributed by atoms with van der Waals surface area (Å²) >= 11 is 0. The molecule has 2 aliphatic rings. The molecule has 1 aliphatic carbocycles. The predicted molar refractivity (Wildman–Crippen MR) is 124 cm³/mol. The van der Waals surface area contributed by atoms with Crippen LogP contribution in [0.15, 0.2) is 48.5 Å². The van der Waals surface area contributed by atoms with Gasteiger partial charge in [-0.2, -0.15) is 0 Å². The van der Waals surface area contributed by atoms with Crippen LogP contribution in [0.4, 0.5) is 4.79 Å². The van der Waals surface area contributed by atoms with Gasteiger partial charge in [0.25, 0.3) is 0 Å². The number of carboxylic acids is 1. The fraction of sp³-hybridized carbons (Fsp3) is 0.423. The van der Waals surface area contributed by atoms with Gasteiger partial charge in [0, 0.05) is 31.5 Å². The van der Waals surface area contributed by atoms with Crippen LogP contribution in [0.3, 0.4) is 0 Å². The van der Waals surface area contributed by atoms with Gasteiger partial charge in [0.2, 0.25) is 5.91 Å². The first-order valence-electron chi connectivity index (χ1n) is 11.3. The first-order chi connectivity index (χ1) is 15.7. The monoisotopic (exact) mass is 450 g/mol. The average Bonchev–Trinajstić information content (AvgIpc) is 3.27. The molecule has 0 radical (unpaired) electrons. The van der Waals surface area contributed by atoms with Gasteiger partial charge in [-0.15, -0.1) is 0 Å². The van der Waals surface area contributed by atoms with Crippen LogP contribution in [-0.4, -0.2) is 53.7 Å². The van der Waals surface area contributed by atoms with Gasteiger partial charge in [-0.1, -0.05) is 55.5 Å². The van der Waals surface area contributed by atoms with Crippen molar-refractivity contribution < 1.29 is 24.2 Å². The van der Waals surface area contributed by atoms with E-state index >= 15 is 0 Å². The molecule has 1 aliphatic heterocycles. The summed E-state index contributed by atoms with van der Waals surface area (Å²) in [6, 6.07) is 15.8. The first kappa shape index (κ1) is 22.8. The zero-order valence-corrected chi connectivity index (χ0v) is 19.2. The molecule has 1 saturated heterocycles. The molecule has 1 fully saturated rings. The fourth-order valence-corrected chi connectivity index (χ4v) is 4.90. The standard InChI is InChI=1S/C26H30N2O5/c1-16-13-28(15-26(16,3)24(30)31)23(29)12-17(2)27-25(32)33-14-22-20-10-6-4-8-18(20)19-9-5-7-11-21(19)22/h4-11,16-17,22H,12-15H2,1-3H3,(H,27,32)(H,30,31)/t16?,17-,26?/m0/s1. The van der Waals surface area contributed by atoms with Gasteiger partial charge in [-0.3, -0.25) is 9.59 Å². The normalized spacial score (nSPS) is 22.4. The van der Waals surface area contributed by atoms with Crippen molar-refractivity contribution in [3.8, 4) is 11.1 Å². The number of ether oxygens (including phenoxy) is 1. The smallest absolute Gasteiger partial charge is 0.407 e. The third-order valence-corrected chi connectivity index (χ3v) is 7.13. The van der Waals surface area contributed by atoms with E-state index in [4.69, 9.17) is 4.74 Å². The molecule has 0 aromatic heterocycles. The molecule has 2 amide bonds. The highest BCUT2D eigenvalue weighted by Crippen LogP contribution is 2.44. The summed E-state index contributed by atoms with van der Waals surface area (Å²) in [4.78, 5) is 38.3. The number of amides is 2. The third-order valence-electron chi connectivity index (χ3n) is 7.13. The minimum Gasteiger partial charge on any atom is -0.481 e. The number of fused-ring (bicyclic) bond motifs is 3. The van der Waals surface area contributed by atoms with Gasteiger partial charge in [0.05, 0.1) is 5.41 Å². The molecule has 2 aromatic carbocycles. The molecule has 0 spiro atoms. The van der Waals surface area contributed by atoms with Crippen LogP contribution in [0.2, 0.25) is 0 Å². The van der Waals surface area contributed by atoms with E-state index in [1.54, 1.807) is 18.7 Å². The average molecular weight is 451 g/mol. The Morgan fingerprint density at radius 1 is 1.12 bits per heavy atom. The van der Waals surface area contributed by atoms with Crippen LogP contribution >= 0.6 is 0 Å². The van der Waals surface area contributed by atoms with E-state index in [0.717, 1.165) is 22.3 Å². The quantitative estimate of drug-likeness (QED) is 0.697. The van der Waals surface area contributed by atoms with Gasteiger partial charge >= 0.3 is 12.1 Å². The fourth-order valence-electron chi connectivity index (χ4n) is 4.90. The number of likely N-dealkylation sites (tertiary alicyclic amines) is 1. The molecule has 7 heteroatoms. The van der Waals surface area contributed by atoms with Gasteiger partial charge < -0.3 is 20.1 Å². The number of hydrogen-bond acceptors (Lipinski definition) is 4. The van der Waals surface area contributed by atoms with Crippen LogP contribution in [0.25, 0.3) is 11.1 Å². The molecule has 0 bridgehead atoms. The van der Waals surface area contributed by atoms with E-state index in [1.807, 2.05) is 31.2 Å². The topological polar surface area (TPSA) is 95.9 Å². The Labute approximate surface area is 193 Å². The zero-order valence-electron chi connectivity index (χ0n) is 19.2. The van der Waals surface area contributed by atoms with Crippen molar-refractivity contribution in [1.82, 2.24) is 10.2 Å². The molecule has 7 nitrogen and oxygen atoms in total. The Balaban J connectivity index is 1.31. The summed E-state index contributed by atoms with van der Waals surface area (Å²) in [6.45, 7) is 6.06. The van der Waals surface area contributed by atoms with E-state index in [-0.39, 0.29) is 37.3 Å². The summed E-state index contributed by atoms with van der Waals surface area (Å²) in [5, 5.41) is 12.2. The van der Waals surface area contributed by atoms with Crippen molar-refractivity contribution >= 4 is 18.0 Å². The van der Waals surface area contributed by atoms with Crippen molar-refractivity contribution in [2.45, 2.75) is 39.2 Å². The number of hydrogen-bond donors (Lipinski definition) is 2. The van der Waals surface area contributed by atoms with Crippen LogP contribution in [0.1, 0.15) is 44.2 Å². The highest BCUT2D eigenvalue weighted by atomic mass is 16.5. The summed E-state index contributed by atoms with van der Waals surface area (Å²) in [5.74, 6) is -1.22. The van der Waals surface area contributed by atoms with E-state index in [0.29, 0.717) is 6.54 Å². The molecular formula is C26H30N2O5. The van der Waals surface area contributed by atoms with Gasteiger partial charge in [0.15, 0.2) is 0 Å². The van der Waals surface area contributed by atoms with Crippen molar-refractivity contribution in [3.05, 3.63) is 59.7 Å². The number of carbonyl (C=O) groups excluding carboxylic acids is 2. The van der Waals surface area contributed by atoms with Crippen LogP contribution in [0.5, 0.6) is 0 Å². The molecule has 2 unspecified atom stereocenters. The Hall–Kier alpha value is -3.35. The number of aliphatic carboxylic acids is 1. The zero-order chi connectivity index (χ0) is 23.8. The molecule has 1 heterocycles. The van der Waals surface area contributed by atoms with E-state index in [1.165, 1.54) is 0 Å². The molecule has 174 valence electrons. The number of carbonyl (C=O) groups is 3. The lowest BCUT2D eigenvalue weighted by molar-refractivity contribution is -0.149. The van der Waals surface area contributed by atoms with Gasteiger partial charge in [-0.25, -0.2) is 4.79 Å². The Kier molecular flexibility index (Phi) is 6.15. The van der Waals surface area contributed by atoms with Gasteiger partial charge in [-0.05, 0) is 42.0 Å². The number of nitrogens with one attached hydrogen (secondary N) is 1. The minimum atomic E-state index is -0.945. The highest BCUT2D eigenvalue weighted by molar-refractivity contribution is 5.82. The van der Waals surface area contributed by atoms with Crippen LogP contribution < -0.4 is 5.32 Å². The largest absolute Gasteiger partial charge is 0.481 e. The second-order valence-corrected chi connectivity index (χ2v) is 9.47. The molecule has 2 N–H and O–H groups in total. The van der Waals surface area contributed by atoms with Crippen LogP contribution in [-0.2, 0) is 14.3 Å². The van der Waals surface area contributed by atoms with E-state index in [9.17, 15) is 19.5 Å². The lowest BCUT2D eigenvalue weighted by Gasteiger charge is -2.23. The van der Waals surface area contributed by atoms with Crippen molar-refractivity contribution in [2.24, 2.45) is 11.3 Å². The third kappa shape index (κ3) is 4.32. The molecule has 3 atom stereocenters. The molecule has 4 rings (SSSR count). The van der Waals surface area contributed by atoms with Crippen molar-refractivity contribution in [1.29, 1.82) is 0 Å². The summed E-state index contributed by atoms with van der Waals surface area (Å²) in [6.07, 6.45) is -0.477. The van der Waals surface area contributed by atoms with E-state index in [2.05, 4.69) is 29.6 Å². The predicted octanol–water partition coefficient (Wildman–Crippen LogP) is 3.87. The van der Waals surface area contributed by atoms with Crippen LogP contribution in [0, 0.1) is 11.3 Å². The molecular weight excluding hydrogens is 420 g/mol. The van der Waals surface area contributed by atoms with Crippen molar-refractivity contribution in [3.63, 3.8) is 0 Å². The Bertz CT molecular complexity index is 1040. The second kappa shape index (κ2) is 8.89. The number of carboxylic acid groups (broad SMARTS) is 1. The molecule has 0 saturated carbocycles. The Morgan fingerprint density at radius 3 is 2.24 bits per heavy atom. The number of benzene rings is 2. The van der Waals surface area contributed by atoms with E-state index < -0.39 is 23.5 Å². The Morgan fingerprint density at radius 2 is 1.70 bits per heavy atom. The SMILES string of the molecule is CC1CN(C(=O)C[C@H](C)NC(=O)OCC2c3ccccc3-c3ccccc32)CC1(C)C(=O)O. The maximum atomic E-state index is 12.7. The number of rotatable bonds is 6.